The molecule has 0 bridgehead atoms. The molecular formula is C12H25LiN3O3. The molecule has 0 heterocycles. The number of nitrogens with zero attached hydrogens (tertiary/aromatic N) is 2. The normalized spacial score (nSPS) is 14.3. The fraction of sp³-hybridized carbons (Fsp3) is 0.833. The second kappa shape index (κ2) is 8.59. The molecule has 3 N–H and O–H groups in total. The van der Waals surface area contributed by atoms with Crippen molar-refractivity contribution in [2.45, 2.75) is 25.8 Å². The fourth-order valence-corrected chi connectivity index (χ4v) is 1.93. The minimum atomic E-state index is -1.62. The molecule has 0 aliphatic carbocycles. The Bertz CT molecular complexity index is 295. The number of primary amides is 1. The van der Waals surface area contributed by atoms with Gasteiger partial charge in [-0.15, -0.1) is 0 Å². The maximum atomic E-state index is 11.7. The number of amides is 1. The Morgan fingerprint density at radius 1 is 1.21 bits per heavy atom. The van der Waals surface area contributed by atoms with Crippen molar-refractivity contribution in [3.63, 3.8) is 0 Å². The molecule has 0 aliphatic rings. The number of hydrogen-bond acceptors (Lipinski definition) is 4. The van der Waals surface area contributed by atoms with E-state index in [1.807, 2.05) is 32.8 Å². The predicted octanol–water partition coefficient (Wildman–Crippen LogP) is -0.546. The number of rotatable bonds is 8. The Balaban J connectivity index is 0. The Morgan fingerprint density at radius 3 is 1.95 bits per heavy atom. The van der Waals surface area contributed by atoms with Crippen LogP contribution in [0.1, 0.15) is 20.3 Å². The van der Waals surface area contributed by atoms with Gasteiger partial charge < -0.3 is 15.7 Å². The van der Waals surface area contributed by atoms with Crippen molar-refractivity contribution in [2.75, 3.05) is 34.2 Å². The molecule has 0 aromatic heterocycles. The van der Waals surface area contributed by atoms with Gasteiger partial charge in [0.05, 0.1) is 0 Å². The summed E-state index contributed by atoms with van der Waals surface area (Å²) in [4.78, 5) is 26.7. The van der Waals surface area contributed by atoms with Crippen molar-refractivity contribution in [3.8, 4) is 0 Å². The fourth-order valence-electron chi connectivity index (χ4n) is 1.93. The number of aliphatic carboxylic acids is 1. The van der Waals surface area contributed by atoms with Gasteiger partial charge in [0.2, 0.25) is 5.91 Å². The molecular weight excluding hydrogens is 241 g/mol. The second-order valence-corrected chi connectivity index (χ2v) is 5.35. The third-order valence-electron chi connectivity index (χ3n) is 3.00. The maximum Gasteiger partial charge on any atom is 0.333 e. The van der Waals surface area contributed by atoms with E-state index >= 15 is 0 Å². The molecule has 1 atom stereocenters. The van der Waals surface area contributed by atoms with Crippen molar-refractivity contribution >= 4 is 30.7 Å². The van der Waals surface area contributed by atoms with E-state index in [1.165, 1.54) is 4.90 Å². The SMILES string of the molecule is CC(C)C[C@@](C(N)=O)(C(=O)O)N(C)CCN(C)C.[Li]. The van der Waals surface area contributed by atoms with Crippen molar-refractivity contribution in [1.82, 2.24) is 9.80 Å². The largest absolute Gasteiger partial charge is 0.479 e. The molecule has 0 aliphatic heterocycles. The van der Waals surface area contributed by atoms with Crippen LogP contribution in [0.5, 0.6) is 0 Å². The van der Waals surface area contributed by atoms with E-state index in [4.69, 9.17) is 5.73 Å². The van der Waals surface area contributed by atoms with Gasteiger partial charge in [-0.05, 0) is 33.5 Å². The molecule has 0 aromatic rings. The number of carboxylic acids is 1. The summed E-state index contributed by atoms with van der Waals surface area (Å²) >= 11 is 0. The van der Waals surface area contributed by atoms with Gasteiger partial charge in [-0.2, -0.15) is 0 Å². The van der Waals surface area contributed by atoms with E-state index in [2.05, 4.69) is 0 Å². The first kappa shape index (κ1) is 20.8. The van der Waals surface area contributed by atoms with Crippen LogP contribution in [0.3, 0.4) is 0 Å². The van der Waals surface area contributed by atoms with Gasteiger partial charge in [-0.1, -0.05) is 13.8 Å². The van der Waals surface area contributed by atoms with Crippen LogP contribution >= 0.6 is 0 Å². The molecule has 0 saturated carbocycles. The topological polar surface area (TPSA) is 86.9 Å². The molecule has 0 fully saturated rings. The molecule has 19 heavy (non-hydrogen) atoms. The van der Waals surface area contributed by atoms with Crippen LogP contribution in [0.2, 0.25) is 0 Å². The molecule has 1 amide bonds. The van der Waals surface area contributed by atoms with Crippen molar-refractivity contribution in [3.05, 3.63) is 0 Å². The van der Waals surface area contributed by atoms with Crippen LogP contribution in [0, 0.1) is 5.92 Å². The van der Waals surface area contributed by atoms with E-state index in [0.717, 1.165) is 0 Å². The van der Waals surface area contributed by atoms with Crippen LogP contribution in [-0.4, -0.2) is 85.4 Å². The first-order valence-electron chi connectivity index (χ1n) is 6.03. The Morgan fingerprint density at radius 2 is 1.68 bits per heavy atom. The summed E-state index contributed by atoms with van der Waals surface area (Å²) in [7, 11) is 5.41. The van der Waals surface area contributed by atoms with Gasteiger partial charge in [0.15, 0.2) is 5.54 Å². The minimum Gasteiger partial charge on any atom is -0.479 e. The number of carbonyl (C=O) groups excluding carboxylic acids is 1. The standard InChI is InChI=1S/C12H25N3O3.Li/c1-9(2)8-12(10(13)16,11(17)18)15(5)7-6-14(3)4;/h9H,6-8H2,1-5H3,(H2,13,16)(H,17,18);/t12-;/m1./s1. The summed E-state index contributed by atoms with van der Waals surface area (Å²) in [5.41, 5.74) is 3.73. The van der Waals surface area contributed by atoms with E-state index in [1.54, 1.807) is 7.05 Å². The number of hydrogen-bond donors (Lipinski definition) is 2. The molecule has 0 spiro atoms. The van der Waals surface area contributed by atoms with E-state index < -0.39 is 17.4 Å². The van der Waals surface area contributed by atoms with Crippen molar-refractivity contribution in [2.24, 2.45) is 11.7 Å². The summed E-state index contributed by atoms with van der Waals surface area (Å²) in [6.07, 6.45) is 0.210. The van der Waals surface area contributed by atoms with Crippen LogP contribution < -0.4 is 5.73 Å². The smallest absolute Gasteiger partial charge is 0.333 e. The van der Waals surface area contributed by atoms with E-state index in [9.17, 15) is 14.7 Å². The average Bonchev–Trinajstić information content (AvgIpc) is 2.20. The Hall–Kier alpha value is -0.543. The predicted molar refractivity (Wildman–Crippen MR) is 76.0 cm³/mol. The first-order chi connectivity index (χ1) is 8.14. The zero-order valence-corrected chi connectivity index (χ0v) is 12.9. The molecule has 0 rings (SSSR count). The summed E-state index contributed by atoms with van der Waals surface area (Å²) in [6, 6.07) is 0. The first-order valence-corrected chi connectivity index (χ1v) is 6.03. The number of carboxylic acid groups (broad SMARTS) is 1. The molecule has 107 valence electrons. The van der Waals surface area contributed by atoms with Gasteiger partial charge in [-0.3, -0.25) is 9.69 Å². The summed E-state index contributed by atoms with van der Waals surface area (Å²) in [5.74, 6) is -1.91. The minimum absolute atomic E-state index is 0. The third-order valence-corrected chi connectivity index (χ3v) is 3.00. The number of likely N-dealkylation sites (N-methyl/N-ethyl adjacent to an activating group) is 2. The maximum absolute atomic E-state index is 11.7. The van der Waals surface area contributed by atoms with E-state index in [-0.39, 0.29) is 31.2 Å². The van der Waals surface area contributed by atoms with Gasteiger partial charge in [-0.25, -0.2) is 4.79 Å². The third kappa shape index (κ3) is 5.53. The molecule has 0 unspecified atom stereocenters. The van der Waals surface area contributed by atoms with Gasteiger partial charge in [0.25, 0.3) is 0 Å². The van der Waals surface area contributed by atoms with Gasteiger partial charge in [0.1, 0.15) is 0 Å². The summed E-state index contributed by atoms with van der Waals surface area (Å²) in [5, 5.41) is 9.42. The van der Waals surface area contributed by atoms with Crippen LogP contribution in [0.15, 0.2) is 0 Å². The molecule has 0 saturated heterocycles. The molecule has 6 nitrogen and oxygen atoms in total. The monoisotopic (exact) mass is 266 g/mol. The zero-order chi connectivity index (χ0) is 14.5. The Labute approximate surface area is 127 Å². The number of nitrogens with two attached hydrogens (primary N) is 1. The molecule has 1 radical (unpaired) electrons. The van der Waals surface area contributed by atoms with Gasteiger partial charge >= 0.3 is 5.97 Å². The molecule has 0 aromatic carbocycles. The summed E-state index contributed by atoms with van der Waals surface area (Å²) in [6.45, 7) is 4.88. The quantitative estimate of drug-likeness (QED) is 0.455. The second-order valence-electron chi connectivity index (χ2n) is 5.35. The molecule has 7 heteroatoms. The zero-order valence-electron chi connectivity index (χ0n) is 12.9. The number of carbonyl (C=O) groups is 2. The Kier molecular flexibility index (Phi) is 9.39. The van der Waals surface area contributed by atoms with Crippen LogP contribution in [0.25, 0.3) is 0 Å². The van der Waals surface area contributed by atoms with Crippen LogP contribution in [-0.2, 0) is 9.59 Å². The summed E-state index contributed by atoms with van der Waals surface area (Å²) < 4.78 is 0. The van der Waals surface area contributed by atoms with E-state index in [0.29, 0.717) is 13.1 Å². The van der Waals surface area contributed by atoms with Crippen molar-refractivity contribution in [1.29, 1.82) is 0 Å². The van der Waals surface area contributed by atoms with Crippen molar-refractivity contribution < 1.29 is 14.7 Å². The van der Waals surface area contributed by atoms with Crippen LogP contribution in [0.4, 0.5) is 0 Å². The van der Waals surface area contributed by atoms with Gasteiger partial charge in [0, 0.05) is 32.0 Å². The average molecular weight is 266 g/mol.